The molecule has 4 nitrogen and oxygen atoms in total. The van der Waals surface area contributed by atoms with E-state index in [1.807, 2.05) is 0 Å². The average Bonchev–Trinajstić information content (AvgIpc) is 3.50. The van der Waals surface area contributed by atoms with Crippen LogP contribution in [0.2, 0.25) is 0 Å². The molecule has 1 saturated carbocycles. The Morgan fingerprint density at radius 3 is 2.61 bits per heavy atom. The van der Waals surface area contributed by atoms with Crippen LogP contribution in [-0.4, -0.2) is 49.0 Å². The first-order valence-electron chi connectivity index (χ1n) is 12.9. The molecule has 2 fully saturated rings. The Hall–Kier alpha value is -1.59. The van der Waals surface area contributed by atoms with Gasteiger partial charge in [0.05, 0.1) is 5.69 Å². The van der Waals surface area contributed by atoms with Gasteiger partial charge >= 0.3 is 0 Å². The SMILES string of the molecule is C=Nc1ccc(C(C)C)cc1SCCCC(=O)NC(CC(=C)CN1CCCC1)C1CCCC1. The van der Waals surface area contributed by atoms with Crippen molar-refractivity contribution < 1.29 is 4.79 Å². The van der Waals surface area contributed by atoms with Crippen LogP contribution in [0.5, 0.6) is 0 Å². The zero-order valence-electron chi connectivity index (χ0n) is 20.8. The van der Waals surface area contributed by atoms with Crippen LogP contribution in [0.3, 0.4) is 0 Å². The van der Waals surface area contributed by atoms with Crippen molar-refractivity contribution in [1.29, 1.82) is 0 Å². The number of thioether (sulfide) groups is 1. The molecule has 1 aromatic carbocycles. The van der Waals surface area contributed by atoms with Gasteiger partial charge < -0.3 is 5.32 Å². The van der Waals surface area contributed by atoms with E-state index < -0.39 is 0 Å². The maximum atomic E-state index is 12.8. The number of benzene rings is 1. The molecular weight excluding hydrogens is 426 g/mol. The molecule has 1 aliphatic heterocycles. The minimum atomic E-state index is 0.194. The molecule has 1 amide bonds. The molecule has 0 radical (unpaired) electrons. The maximum absolute atomic E-state index is 12.8. The fourth-order valence-corrected chi connectivity index (χ4v) is 6.17. The molecule has 1 saturated heterocycles. The third-order valence-electron chi connectivity index (χ3n) is 7.10. The summed E-state index contributed by atoms with van der Waals surface area (Å²) in [5, 5.41) is 3.40. The Kier molecular flexibility index (Phi) is 10.5. The lowest BCUT2D eigenvalue weighted by molar-refractivity contribution is -0.122. The van der Waals surface area contributed by atoms with E-state index in [2.05, 4.69) is 60.6 Å². The standard InChI is InChI=1S/C28H43N3OS/c1-21(2)24-13-14-25(29-4)27(19-24)33-17-9-12-28(32)30-26(23-10-5-6-11-23)18-22(3)20-31-15-7-8-16-31/h13-14,19,21,23,26H,3-12,15-18,20H2,1-2H3,(H,30,32). The molecule has 1 atom stereocenters. The van der Waals surface area contributed by atoms with Crippen molar-refractivity contribution in [2.24, 2.45) is 10.9 Å². The summed E-state index contributed by atoms with van der Waals surface area (Å²) in [6, 6.07) is 6.66. The van der Waals surface area contributed by atoms with Crippen molar-refractivity contribution in [1.82, 2.24) is 10.2 Å². The third-order valence-corrected chi connectivity index (χ3v) is 8.23. The number of aliphatic imine (C=N–C) groups is 1. The van der Waals surface area contributed by atoms with Crippen molar-refractivity contribution in [2.75, 3.05) is 25.4 Å². The normalized spacial score (nSPS) is 18.0. The Balaban J connectivity index is 1.46. The molecule has 1 aromatic rings. The van der Waals surface area contributed by atoms with Gasteiger partial charge in [0.2, 0.25) is 5.91 Å². The molecule has 0 bridgehead atoms. The minimum Gasteiger partial charge on any atom is -0.353 e. The number of rotatable bonds is 13. The van der Waals surface area contributed by atoms with E-state index >= 15 is 0 Å². The predicted molar refractivity (Wildman–Crippen MR) is 143 cm³/mol. The van der Waals surface area contributed by atoms with Crippen molar-refractivity contribution in [2.45, 2.75) is 88.5 Å². The fraction of sp³-hybridized carbons (Fsp3) is 0.643. The van der Waals surface area contributed by atoms with Gasteiger partial charge in [-0.05, 0) is 93.6 Å². The Morgan fingerprint density at radius 1 is 1.21 bits per heavy atom. The number of hydrogen-bond donors (Lipinski definition) is 1. The summed E-state index contributed by atoms with van der Waals surface area (Å²) in [6.45, 7) is 15.9. The predicted octanol–water partition coefficient (Wildman–Crippen LogP) is 6.73. The van der Waals surface area contributed by atoms with Crippen molar-refractivity contribution in [3.05, 3.63) is 35.9 Å². The number of likely N-dealkylation sites (tertiary alicyclic amines) is 1. The smallest absolute Gasteiger partial charge is 0.220 e. The van der Waals surface area contributed by atoms with E-state index in [1.165, 1.54) is 67.6 Å². The lowest BCUT2D eigenvalue weighted by Crippen LogP contribution is -2.40. The van der Waals surface area contributed by atoms with E-state index in [0.717, 1.165) is 30.8 Å². The monoisotopic (exact) mass is 469 g/mol. The Labute approximate surface area is 205 Å². The zero-order valence-corrected chi connectivity index (χ0v) is 21.6. The quantitative estimate of drug-likeness (QED) is 0.151. The molecule has 1 N–H and O–H groups in total. The van der Waals surface area contributed by atoms with Gasteiger partial charge in [-0.25, -0.2) is 0 Å². The lowest BCUT2D eigenvalue weighted by atomic mass is 9.92. The summed E-state index contributed by atoms with van der Waals surface area (Å²) >= 11 is 1.78. The van der Waals surface area contributed by atoms with Crippen molar-refractivity contribution in [3.8, 4) is 0 Å². The molecule has 182 valence electrons. The van der Waals surface area contributed by atoms with Gasteiger partial charge in [0.25, 0.3) is 0 Å². The van der Waals surface area contributed by atoms with Gasteiger partial charge in [-0.15, -0.1) is 11.8 Å². The van der Waals surface area contributed by atoms with Crippen LogP contribution in [0.1, 0.15) is 83.1 Å². The lowest BCUT2D eigenvalue weighted by Gasteiger charge is -2.27. The van der Waals surface area contributed by atoms with Gasteiger partial charge in [-0.2, -0.15) is 0 Å². The van der Waals surface area contributed by atoms with Gasteiger partial charge in [-0.1, -0.05) is 44.9 Å². The van der Waals surface area contributed by atoms with Crippen molar-refractivity contribution >= 4 is 30.1 Å². The second-order valence-electron chi connectivity index (χ2n) is 10.1. The van der Waals surface area contributed by atoms with Crippen LogP contribution < -0.4 is 5.32 Å². The summed E-state index contributed by atoms with van der Waals surface area (Å²) < 4.78 is 0. The fourth-order valence-electron chi connectivity index (χ4n) is 5.16. The maximum Gasteiger partial charge on any atom is 0.220 e. The van der Waals surface area contributed by atoms with Crippen LogP contribution in [0.15, 0.2) is 40.2 Å². The van der Waals surface area contributed by atoms with Gasteiger partial charge in [0, 0.05) is 23.9 Å². The van der Waals surface area contributed by atoms with E-state index in [1.54, 1.807) is 11.8 Å². The van der Waals surface area contributed by atoms with Crippen LogP contribution in [-0.2, 0) is 4.79 Å². The number of nitrogens with one attached hydrogen (secondary N) is 1. The zero-order chi connectivity index (χ0) is 23.6. The Morgan fingerprint density at radius 2 is 1.94 bits per heavy atom. The van der Waals surface area contributed by atoms with Gasteiger partial charge in [-0.3, -0.25) is 14.7 Å². The average molecular weight is 470 g/mol. The van der Waals surface area contributed by atoms with E-state index in [-0.39, 0.29) is 11.9 Å². The summed E-state index contributed by atoms with van der Waals surface area (Å²) in [6.07, 6.45) is 10.0. The largest absolute Gasteiger partial charge is 0.353 e. The molecule has 33 heavy (non-hydrogen) atoms. The molecule has 1 aliphatic carbocycles. The molecular formula is C28H43N3OS. The molecule has 3 rings (SSSR count). The molecule has 0 aromatic heterocycles. The van der Waals surface area contributed by atoms with E-state index in [4.69, 9.17) is 0 Å². The van der Waals surface area contributed by atoms with Crippen LogP contribution in [0, 0.1) is 5.92 Å². The molecule has 5 heteroatoms. The summed E-state index contributed by atoms with van der Waals surface area (Å²) in [5.74, 6) is 2.20. The second kappa shape index (κ2) is 13.3. The Bertz CT molecular complexity index is 794. The number of carbonyl (C=O) groups excluding carboxylic acids is 1. The summed E-state index contributed by atoms with van der Waals surface area (Å²) in [5.41, 5.74) is 3.53. The summed E-state index contributed by atoms with van der Waals surface area (Å²) in [4.78, 5) is 20.7. The third kappa shape index (κ3) is 8.29. The van der Waals surface area contributed by atoms with Crippen molar-refractivity contribution in [3.63, 3.8) is 0 Å². The highest BCUT2D eigenvalue weighted by Gasteiger charge is 2.27. The topological polar surface area (TPSA) is 44.7 Å². The number of nitrogens with zero attached hydrogens (tertiary/aromatic N) is 2. The van der Waals surface area contributed by atoms with E-state index in [0.29, 0.717) is 18.3 Å². The van der Waals surface area contributed by atoms with Gasteiger partial charge in [0.1, 0.15) is 0 Å². The number of hydrogen-bond acceptors (Lipinski definition) is 4. The first-order valence-corrected chi connectivity index (χ1v) is 13.9. The van der Waals surface area contributed by atoms with Crippen LogP contribution in [0.4, 0.5) is 5.69 Å². The molecule has 1 unspecified atom stereocenters. The minimum absolute atomic E-state index is 0.194. The van der Waals surface area contributed by atoms with Gasteiger partial charge in [0.15, 0.2) is 0 Å². The number of carbonyl (C=O) groups is 1. The highest BCUT2D eigenvalue weighted by Crippen LogP contribution is 2.33. The number of amides is 1. The molecule has 2 aliphatic rings. The van der Waals surface area contributed by atoms with Crippen LogP contribution in [0.25, 0.3) is 0 Å². The first-order chi connectivity index (χ1) is 16.0. The molecule has 1 heterocycles. The first kappa shape index (κ1) is 26.0. The highest BCUT2D eigenvalue weighted by molar-refractivity contribution is 7.99. The van der Waals surface area contributed by atoms with E-state index in [9.17, 15) is 4.79 Å². The summed E-state index contributed by atoms with van der Waals surface area (Å²) in [7, 11) is 0. The molecule has 0 spiro atoms. The second-order valence-corrected chi connectivity index (χ2v) is 11.3. The highest BCUT2D eigenvalue weighted by atomic mass is 32.2. The van der Waals surface area contributed by atoms with Crippen LogP contribution >= 0.6 is 11.8 Å².